The second-order valence-corrected chi connectivity index (χ2v) is 6.89. The van der Waals surface area contributed by atoms with Crippen molar-refractivity contribution in [1.82, 2.24) is 4.90 Å². The third-order valence-electron chi connectivity index (χ3n) is 3.87. The molecule has 2 saturated heterocycles. The number of hydrogen-bond donors (Lipinski definition) is 0. The van der Waals surface area contributed by atoms with Gasteiger partial charge in [-0.3, -0.25) is 0 Å². The van der Waals surface area contributed by atoms with E-state index in [9.17, 15) is 4.79 Å². The van der Waals surface area contributed by atoms with Crippen LogP contribution in [0, 0.1) is 5.92 Å². The zero-order valence-electron chi connectivity index (χ0n) is 12.5. The van der Waals surface area contributed by atoms with Crippen molar-refractivity contribution in [3.05, 3.63) is 12.2 Å². The molecule has 0 N–H and O–H groups in total. The van der Waals surface area contributed by atoms with Crippen molar-refractivity contribution < 1.29 is 14.3 Å². The molecule has 19 heavy (non-hydrogen) atoms. The van der Waals surface area contributed by atoms with Gasteiger partial charge >= 0.3 is 6.09 Å². The van der Waals surface area contributed by atoms with E-state index in [4.69, 9.17) is 9.47 Å². The van der Waals surface area contributed by atoms with Crippen molar-refractivity contribution in [2.24, 2.45) is 5.92 Å². The van der Waals surface area contributed by atoms with Crippen LogP contribution in [0.4, 0.5) is 4.79 Å². The van der Waals surface area contributed by atoms with Crippen molar-refractivity contribution in [2.75, 3.05) is 19.7 Å². The second-order valence-electron chi connectivity index (χ2n) is 6.89. The Bertz CT molecular complexity index is 385. The van der Waals surface area contributed by atoms with Crippen molar-refractivity contribution in [1.29, 1.82) is 0 Å². The average molecular weight is 267 g/mol. The minimum atomic E-state index is -0.441. The molecule has 1 amide bonds. The fourth-order valence-corrected chi connectivity index (χ4v) is 2.77. The number of likely N-dealkylation sites (tertiary alicyclic amines) is 1. The van der Waals surface area contributed by atoms with Crippen LogP contribution in [0.5, 0.6) is 0 Å². The molecule has 0 aromatic rings. The molecule has 0 aliphatic carbocycles. The lowest BCUT2D eigenvalue weighted by molar-refractivity contribution is 0.000288. The van der Waals surface area contributed by atoms with Gasteiger partial charge in [0.25, 0.3) is 0 Å². The first-order valence-electron chi connectivity index (χ1n) is 6.98. The molecule has 2 atom stereocenters. The maximum atomic E-state index is 12.0. The predicted octanol–water partition coefficient (Wildman–Crippen LogP) is 2.98. The Morgan fingerprint density at radius 1 is 1.47 bits per heavy atom. The van der Waals surface area contributed by atoms with E-state index in [1.54, 1.807) is 4.90 Å². The van der Waals surface area contributed by atoms with Crippen LogP contribution in [-0.4, -0.2) is 41.9 Å². The standard InChI is InChI=1S/C15H25NO3/c1-11(2)12-8-15(18-9-12)6-7-16(10-15)13(17)19-14(3,4)5/h12H,1,6-10H2,2-5H3. The van der Waals surface area contributed by atoms with Crippen LogP contribution in [0.3, 0.4) is 0 Å². The molecule has 2 aliphatic rings. The summed E-state index contributed by atoms with van der Waals surface area (Å²) in [6.07, 6.45) is 1.64. The number of rotatable bonds is 1. The maximum absolute atomic E-state index is 12.0. The summed E-state index contributed by atoms with van der Waals surface area (Å²) in [5.74, 6) is 0.429. The molecule has 0 aromatic carbocycles. The Kier molecular flexibility index (Phi) is 3.65. The van der Waals surface area contributed by atoms with Gasteiger partial charge in [0.05, 0.1) is 18.8 Å². The first kappa shape index (κ1) is 14.4. The van der Waals surface area contributed by atoms with Crippen molar-refractivity contribution in [3.8, 4) is 0 Å². The lowest BCUT2D eigenvalue weighted by atomic mass is 9.90. The van der Waals surface area contributed by atoms with Gasteiger partial charge in [0, 0.05) is 12.5 Å². The third kappa shape index (κ3) is 3.30. The fourth-order valence-electron chi connectivity index (χ4n) is 2.77. The molecule has 4 heteroatoms. The van der Waals surface area contributed by atoms with E-state index in [2.05, 4.69) is 6.58 Å². The summed E-state index contributed by atoms with van der Waals surface area (Å²) in [5, 5.41) is 0. The van der Waals surface area contributed by atoms with Crippen LogP contribution < -0.4 is 0 Å². The zero-order valence-corrected chi connectivity index (χ0v) is 12.5. The summed E-state index contributed by atoms with van der Waals surface area (Å²) in [5.41, 5.74) is 0.567. The highest BCUT2D eigenvalue weighted by Gasteiger charge is 2.47. The van der Waals surface area contributed by atoms with Gasteiger partial charge < -0.3 is 14.4 Å². The molecule has 0 bridgehead atoms. The highest BCUT2D eigenvalue weighted by Crippen LogP contribution is 2.40. The van der Waals surface area contributed by atoms with E-state index in [1.165, 1.54) is 5.57 Å². The molecule has 2 fully saturated rings. The highest BCUT2D eigenvalue weighted by molar-refractivity contribution is 5.68. The van der Waals surface area contributed by atoms with Crippen molar-refractivity contribution >= 4 is 6.09 Å². The first-order chi connectivity index (χ1) is 8.71. The van der Waals surface area contributed by atoms with Crippen LogP contribution in [0.15, 0.2) is 12.2 Å². The summed E-state index contributed by atoms with van der Waals surface area (Å²) in [6, 6.07) is 0. The van der Waals surface area contributed by atoms with Crippen LogP contribution in [-0.2, 0) is 9.47 Å². The zero-order chi connectivity index (χ0) is 14.3. The van der Waals surface area contributed by atoms with Gasteiger partial charge in [-0.15, -0.1) is 0 Å². The number of amides is 1. The van der Waals surface area contributed by atoms with E-state index >= 15 is 0 Å². The topological polar surface area (TPSA) is 38.8 Å². The lowest BCUT2D eigenvalue weighted by Crippen LogP contribution is -2.39. The number of ether oxygens (including phenoxy) is 2. The molecule has 2 rings (SSSR count). The number of carbonyl (C=O) groups excluding carboxylic acids is 1. The van der Waals surface area contributed by atoms with Gasteiger partial charge in [-0.05, 0) is 40.5 Å². The van der Waals surface area contributed by atoms with Crippen molar-refractivity contribution in [2.45, 2.75) is 51.7 Å². The summed E-state index contributed by atoms with van der Waals surface area (Å²) < 4.78 is 11.4. The van der Waals surface area contributed by atoms with Crippen LogP contribution >= 0.6 is 0 Å². The molecule has 2 unspecified atom stereocenters. The molecule has 2 heterocycles. The van der Waals surface area contributed by atoms with E-state index in [-0.39, 0.29) is 11.7 Å². The van der Waals surface area contributed by atoms with Gasteiger partial charge in [-0.25, -0.2) is 4.79 Å². The van der Waals surface area contributed by atoms with Gasteiger partial charge in [-0.1, -0.05) is 12.2 Å². The molecule has 0 aromatic heterocycles. The van der Waals surface area contributed by atoms with E-state index in [0.717, 1.165) is 26.0 Å². The molecule has 0 radical (unpaired) electrons. The summed E-state index contributed by atoms with van der Waals surface area (Å²) >= 11 is 0. The monoisotopic (exact) mass is 267 g/mol. The second kappa shape index (κ2) is 4.82. The highest BCUT2D eigenvalue weighted by atomic mass is 16.6. The Morgan fingerprint density at radius 2 is 2.16 bits per heavy atom. The fraction of sp³-hybridized carbons (Fsp3) is 0.800. The number of hydrogen-bond acceptors (Lipinski definition) is 3. The van der Waals surface area contributed by atoms with Gasteiger partial charge in [0.2, 0.25) is 0 Å². The van der Waals surface area contributed by atoms with Crippen LogP contribution in [0.25, 0.3) is 0 Å². The Morgan fingerprint density at radius 3 is 2.68 bits per heavy atom. The summed E-state index contributed by atoms with van der Waals surface area (Å²) in [6.45, 7) is 13.8. The molecule has 2 aliphatic heterocycles. The van der Waals surface area contributed by atoms with E-state index in [0.29, 0.717) is 12.5 Å². The largest absolute Gasteiger partial charge is 0.444 e. The minimum absolute atomic E-state index is 0.166. The third-order valence-corrected chi connectivity index (χ3v) is 3.87. The van der Waals surface area contributed by atoms with Crippen LogP contribution in [0.2, 0.25) is 0 Å². The molecule has 4 nitrogen and oxygen atoms in total. The molecule has 0 saturated carbocycles. The number of carbonyl (C=O) groups is 1. The predicted molar refractivity (Wildman–Crippen MR) is 74.0 cm³/mol. The normalized spacial score (nSPS) is 30.9. The Balaban J connectivity index is 1.93. The first-order valence-corrected chi connectivity index (χ1v) is 6.98. The van der Waals surface area contributed by atoms with E-state index < -0.39 is 5.60 Å². The average Bonchev–Trinajstić information content (AvgIpc) is 2.85. The number of nitrogens with zero attached hydrogens (tertiary/aromatic N) is 1. The van der Waals surface area contributed by atoms with Gasteiger partial charge in [0.15, 0.2) is 0 Å². The summed E-state index contributed by atoms with van der Waals surface area (Å²) in [4.78, 5) is 13.8. The van der Waals surface area contributed by atoms with Gasteiger partial charge in [0.1, 0.15) is 5.60 Å². The van der Waals surface area contributed by atoms with Crippen molar-refractivity contribution in [3.63, 3.8) is 0 Å². The smallest absolute Gasteiger partial charge is 0.410 e. The Hall–Kier alpha value is -1.03. The summed E-state index contributed by atoms with van der Waals surface area (Å²) in [7, 11) is 0. The molecule has 1 spiro atoms. The molecular formula is C15H25NO3. The molecular weight excluding hydrogens is 242 g/mol. The van der Waals surface area contributed by atoms with E-state index in [1.807, 2.05) is 27.7 Å². The Labute approximate surface area is 115 Å². The quantitative estimate of drug-likeness (QED) is 0.686. The lowest BCUT2D eigenvalue weighted by Gasteiger charge is -2.26. The molecule has 108 valence electrons. The minimum Gasteiger partial charge on any atom is -0.444 e. The maximum Gasteiger partial charge on any atom is 0.410 e. The van der Waals surface area contributed by atoms with Crippen LogP contribution in [0.1, 0.15) is 40.5 Å². The SMILES string of the molecule is C=C(C)C1COC2(CCN(C(=O)OC(C)(C)C)C2)C1. The van der Waals surface area contributed by atoms with Gasteiger partial charge in [-0.2, -0.15) is 0 Å².